The van der Waals surface area contributed by atoms with Crippen molar-refractivity contribution < 1.29 is 0 Å². The minimum atomic E-state index is 0.638. The molecule has 0 amide bonds. The van der Waals surface area contributed by atoms with Crippen LogP contribution < -0.4 is 0 Å². The normalized spacial score (nSPS) is 10.9. The second-order valence-corrected chi connectivity index (χ2v) is 5.15. The van der Waals surface area contributed by atoms with E-state index in [1.807, 2.05) is 30.3 Å². The predicted molar refractivity (Wildman–Crippen MR) is 95.9 cm³/mol. The molecule has 0 saturated carbocycles. The molecule has 23 heavy (non-hydrogen) atoms. The van der Waals surface area contributed by atoms with Gasteiger partial charge in [-0.15, -0.1) is 6.58 Å². The summed E-state index contributed by atoms with van der Waals surface area (Å²) in [4.78, 5) is 0. The van der Waals surface area contributed by atoms with Crippen LogP contribution in [0.3, 0.4) is 0 Å². The molecule has 2 aromatic carbocycles. The number of benzene rings is 2. The molecular weight excluding hydrogens is 282 g/mol. The van der Waals surface area contributed by atoms with Gasteiger partial charge in [0.2, 0.25) is 0 Å². The average molecular weight is 301 g/mol. The molecule has 0 unspecified atom stereocenters. The number of allylic oxidation sites excluding steroid dienone is 1. The highest BCUT2D eigenvalue weighted by atomic mass is 15.2. The summed E-state index contributed by atoms with van der Waals surface area (Å²) in [5.41, 5.74) is 3.90. The monoisotopic (exact) mass is 301 g/mol. The van der Waals surface area contributed by atoms with Crippen LogP contribution >= 0.6 is 0 Å². The summed E-state index contributed by atoms with van der Waals surface area (Å²) in [6, 6.07) is 17.6. The van der Waals surface area contributed by atoms with Gasteiger partial charge in [-0.05, 0) is 48.1 Å². The largest absolute Gasteiger partial charge is 0.192 e. The molecule has 0 spiro atoms. The number of nitrogens with zero attached hydrogens (tertiary/aromatic N) is 3. The van der Waals surface area contributed by atoms with Crippen LogP contribution in [0.1, 0.15) is 35.1 Å². The van der Waals surface area contributed by atoms with Gasteiger partial charge in [0, 0.05) is 0 Å². The van der Waals surface area contributed by atoms with E-state index in [1.54, 1.807) is 24.6 Å². The quantitative estimate of drug-likeness (QED) is 0.321. The lowest BCUT2D eigenvalue weighted by Gasteiger charge is -1.99. The summed E-state index contributed by atoms with van der Waals surface area (Å²) in [6.07, 6.45) is 8.60. The number of unbranched alkanes of at least 4 members (excludes halogenated alkanes) is 1. The minimum absolute atomic E-state index is 0.638. The molecule has 0 fully saturated rings. The van der Waals surface area contributed by atoms with Crippen molar-refractivity contribution in [1.29, 1.82) is 5.26 Å². The molecule has 0 aliphatic carbocycles. The standard InChI is InChI=1S/C20H19N3/c1-2-3-4-5-17-6-10-19(11-7-17)15-22-23-16-20-12-8-18(14-21)9-13-20/h2,6-13,15-16H,1,3-5H2. The van der Waals surface area contributed by atoms with Gasteiger partial charge in [0.15, 0.2) is 0 Å². The van der Waals surface area contributed by atoms with Crippen molar-refractivity contribution in [3.05, 3.63) is 83.4 Å². The highest BCUT2D eigenvalue weighted by molar-refractivity contribution is 5.82. The molecule has 3 nitrogen and oxygen atoms in total. The maximum Gasteiger partial charge on any atom is 0.0991 e. The molecule has 114 valence electrons. The van der Waals surface area contributed by atoms with E-state index < -0.39 is 0 Å². The number of nitriles is 1. The summed E-state index contributed by atoms with van der Waals surface area (Å²) in [7, 11) is 0. The van der Waals surface area contributed by atoms with Crippen molar-refractivity contribution >= 4 is 12.4 Å². The summed E-state index contributed by atoms with van der Waals surface area (Å²) in [5.74, 6) is 0. The van der Waals surface area contributed by atoms with E-state index in [2.05, 4.69) is 35.0 Å². The van der Waals surface area contributed by atoms with Crippen LogP contribution in [-0.2, 0) is 6.42 Å². The zero-order valence-corrected chi connectivity index (χ0v) is 13.0. The summed E-state index contributed by atoms with van der Waals surface area (Å²) in [6.45, 7) is 3.73. The van der Waals surface area contributed by atoms with Gasteiger partial charge in [-0.1, -0.05) is 42.5 Å². The van der Waals surface area contributed by atoms with Crippen LogP contribution in [0.5, 0.6) is 0 Å². The Labute approximate surface area is 137 Å². The molecule has 0 aliphatic heterocycles. The van der Waals surface area contributed by atoms with Crippen LogP contribution in [-0.4, -0.2) is 12.4 Å². The van der Waals surface area contributed by atoms with Crippen LogP contribution in [0.25, 0.3) is 0 Å². The molecular formula is C20H19N3. The van der Waals surface area contributed by atoms with Crippen molar-refractivity contribution in [2.24, 2.45) is 10.2 Å². The Balaban J connectivity index is 1.88. The lowest BCUT2D eigenvalue weighted by molar-refractivity contribution is 0.844. The summed E-state index contributed by atoms with van der Waals surface area (Å²) < 4.78 is 0. The first-order valence-electron chi connectivity index (χ1n) is 7.58. The van der Waals surface area contributed by atoms with Gasteiger partial charge < -0.3 is 0 Å². The van der Waals surface area contributed by atoms with Gasteiger partial charge in [-0.25, -0.2) is 0 Å². The highest BCUT2D eigenvalue weighted by Gasteiger charge is 1.93. The van der Waals surface area contributed by atoms with E-state index in [0.717, 1.165) is 30.4 Å². The van der Waals surface area contributed by atoms with Gasteiger partial charge in [-0.2, -0.15) is 15.5 Å². The van der Waals surface area contributed by atoms with Crippen LogP contribution in [0.15, 0.2) is 71.4 Å². The Morgan fingerprint density at radius 1 is 0.913 bits per heavy atom. The third-order valence-electron chi connectivity index (χ3n) is 3.37. The Morgan fingerprint density at radius 2 is 1.48 bits per heavy atom. The molecule has 0 saturated heterocycles. The molecule has 0 heterocycles. The van der Waals surface area contributed by atoms with Crippen molar-refractivity contribution in [1.82, 2.24) is 0 Å². The van der Waals surface area contributed by atoms with Crippen LogP contribution in [0, 0.1) is 11.3 Å². The molecule has 3 heteroatoms. The van der Waals surface area contributed by atoms with Gasteiger partial charge >= 0.3 is 0 Å². The van der Waals surface area contributed by atoms with E-state index in [1.165, 1.54) is 5.56 Å². The van der Waals surface area contributed by atoms with Gasteiger partial charge in [0.05, 0.1) is 24.1 Å². The molecule has 0 N–H and O–H groups in total. The maximum atomic E-state index is 8.74. The van der Waals surface area contributed by atoms with E-state index in [0.29, 0.717) is 5.56 Å². The first-order valence-corrected chi connectivity index (χ1v) is 7.58. The van der Waals surface area contributed by atoms with Crippen molar-refractivity contribution in [2.75, 3.05) is 0 Å². The first-order chi connectivity index (χ1) is 11.3. The molecule has 0 bridgehead atoms. The zero-order valence-electron chi connectivity index (χ0n) is 13.0. The topological polar surface area (TPSA) is 48.5 Å². The lowest BCUT2D eigenvalue weighted by Crippen LogP contribution is -1.86. The SMILES string of the molecule is C=CCCCc1ccc(C=NN=Cc2ccc(C#N)cc2)cc1. The van der Waals surface area contributed by atoms with Crippen LogP contribution in [0.2, 0.25) is 0 Å². The third kappa shape index (κ3) is 5.72. The van der Waals surface area contributed by atoms with Gasteiger partial charge in [-0.3, -0.25) is 0 Å². The molecule has 0 aromatic heterocycles. The Hall–Kier alpha value is -2.99. The Kier molecular flexibility index (Phi) is 6.49. The lowest BCUT2D eigenvalue weighted by atomic mass is 10.1. The minimum Gasteiger partial charge on any atom is -0.192 e. The van der Waals surface area contributed by atoms with Gasteiger partial charge in [0.1, 0.15) is 0 Å². The van der Waals surface area contributed by atoms with Gasteiger partial charge in [0.25, 0.3) is 0 Å². The van der Waals surface area contributed by atoms with Crippen LogP contribution in [0.4, 0.5) is 0 Å². The summed E-state index contributed by atoms with van der Waals surface area (Å²) >= 11 is 0. The zero-order chi connectivity index (χ0) is 16.3. The van der Waals surface area contributed by atoms with E-state index in [4.69, 9.17) is 5.26 Å². The summed E-state index contributed by atoms with van der Waals surface area (Å²) in [5, 5.41) is 16.8. The molecule has 0 radical (unpaired) electrons. The van der Waals surface area contributed by atoms with Crippen molar-refractivity contribution in [3.63, 3.8) is 0 Å². The second kappa shape index (κ2) is 9.11. The Bertz CT molecular complexity index is 717. The van der Waals surface area contributed by atoms with Crippen molar-refractivity contribution in [2.45, 2.75) is 19.3 Å². The fraction of sp³-hybridized carbons (Fsp3) is 0.150. The molecule has 0 atom stereocenters. The Morgan fingerprint density at radius 3 is 2.00 bits per heavy atom. The smallest absolute Gasteiger partial charge is 0.0991 e. The number of aryl methyl sites for hydroxylation is 1. The number of hydrogen-bond acceptors (Lipinski definition) is 3. The van der Waals surface area contributed by atoms with E-state index >= 15 is 0 Å². The fourth-order valence-electron chi connectivity index (χ4n) is 2.06. The predicted octanol–water partition coefficient (Wildman–Crippen LogP) is 4.52. The molecule has 2 aromatic rings. The molecule has 0 aliphatic rings. The third-order valence-corrected chi connectivity index (χ3v) is 3.37. The fourth-order valence-corrected chi connectivity index (χ4v) is 2.06. The van der Waals surface area contributed by atoms with E-state index in [-0.39, 0.29) is 0 Å². The van der Waals surface area contributed by atoms with E-state index in [9.17, 15) is 0 Å². The molecule has 2 rings (SSSR count). The number of rotatable bonds is 7. The average Bonchev–Trinajstić information content (AvgIpc) is 2.61. The maximum absolute atomic E-state index is 8.74. The van der Waals surface area contributed by atoms with Crippen molar-refractivity contribution in [3.8, 4) is 6.07 Å². The first kappa shape index (κ1) is 16.4. The second-order valence-electron chi connectivity index (χ2n) is 5.15. The number of hydrogen-bond donors (Lipinski definition) is 0. The highest BCUT2D eigenvalue weighted by Crippen LogP contribution is 2.07.